The van der Waals surface area contributed by atoms with Crippen LogP contribution < -0.4 is 20.1 Å². The van der Waals surface area contributed by atoms with Crippen LogP contribution in [0, 0.1) is 0 Å². The Balaban J connectivity index is 1.32. The smallest absolute Gasteiger partial charge is 0.252 e. The van der Waals surface area contributed by atoms with Crippen LogP contribution in [-0.4, -0.2) is 33.4 Å². The predicted molar refractivity (Wildman–Crippen MR) is 98.9 cm³/mol. The standard InChI is InChI=1S/C19H15N5O4/c25-16(20-12-6-7-14-15(8-12)28-10-27-14)9-13-18(26)22-19-21-17(23-24(13)19)11-4-2-1-3-5-11/h1-8,13H,9-10H2,(H,20,25)(H,21,22,23,26)/t13-/m1/s1. The van der Waals surface area contributed by atoms with E-state index in [9.17, 15) is 9.59 Å². The fraction of sp³-hybridized carbons (Fsp3) is 0.158. The first-order valence-electron chi connectivity index (χ1n) is 8.70. The van der Waals surface area contributed by atoms with Crippen LogP contribution in [-0.2, 0) is 9.59 Å². The summed E-state index contributed by atoms with van der Waals surface area (Å²) in [6, 6.07) is 13.8. The van der Waals surface area contributed by atoms with Crippen LogP contribution in [0.1, 0.15) is 12.5 Å². The van der Waals surface area contributed by atoms with Crippen LogP contribution in [0.15, 0.2) is 48.5 Å². The molecule has 9 nitrogen and oxygen atoms in total. The van der Waals surface area contributed by atoms with Crippen molar-refractivity contribution in [2.45, 2.75) is 12.5 Å². The van der Waals surface area contributed by atoms with Gasteiger partial charge in [-0.3, -0.25) is 14.9 Å². The zero-order valence-corrected chi connectivity index (χ0v) is 14.6. The first-order chi connectivity index (χ1) is 13.7. The number of benzene rings is 2. The van der Waals surface area contributed by atoms with E-state index < -0.39 is 6.04 Å². The maximum absolute atomic E-state index is 12.5. The van der Waals surface area contributed by atoms with Crippen LogP contribution in [0.4, 0.5) is 11.6 Å². The van der Waals surface area contributed by atoms with Crippen LogP contribution in [0.2, 0.25) is 0 Å². The molecule has 28 heavy (non-hydrogen) atoms. The number of hydrogen-bond donors (Lipinski definition) is 2. The Morgan fingerprint density at radius 3 is 2.86 bits per heavy atom. The Hall–Kier alpha value is -3.88. The van der Waals surface area contributed by atoms with Crippen molar-refractivity contribution in [2.24, 2.45) is 0 Å². The highest BCUT2D eigenvalue weighted by molar-refractivity contribution is 6.01. The normalized spacial score (nSPS) is 16.6. The molecule has 9 heteroatoms. The van der Waals surface area contributed by atoms with Crippen LogP contribution in [0.5, 0.6) is 11.5 Å². The summed E-state index contributed by atoms with van der Waals surface area (Å²) in [6.45, 7) is 0.161. The summed E-state index contributed by atoms with van der Waals surface area (Å²) in [4.78, 5) is 29.1. The number of anilines is 2. The number of hydrogen-bond acceptors (Lipinski definition) is 6. The minimum atomic E-state index is -0.756. The third-order valence-corrected chi connectivity index (χ3v) is 4.53. The van der Waals surface area contributed by atoms with Crippen molar-refractivity contribution in [3.63, 3.8) is 0 Å². The topological polar surface area (TPSA) is 107 Å². The fourth-order valence-electron chi connectivity index (χ4n) is 3.18. The molecule has 0 spiro atoms. The number of nitrogens with one attached hydrogen (secondary N) is 2. The average molecular weight is 377 g/mol. The van der Waals surface area contributed by atoms with Gasteiger partial charge in [-0.1, -0.05) is 30.3 Å². The van der Waals surface area contributed by atoms with Gasteiger partial charge in [0.15, 0.2) is 17.3 Å². The summed E-state index contributed by atoms with van der Waals surface area (Å²) in [5.74, 6) is 1.41. The molecule has 2 N–H and O–H groups in total. The molecule has 2 aromatic carbocycles. The lowest BCUT2D eigenvalue weighted by atomic mass is 10.2. The van der Waals surface area contributed by atoms with Gasteiger partial charge < -0.3 is 14.8 Å². The minimum Gasteiger partial charge on any atom is -0.454 e. The quantitative estimate of drug-likeness (QED) is 0.722. The average Bonchev–Trinajstić information content (AvgIpc) is 3.39. The Labute approximate surface area is 159 Å². The second-order valence-electron chi connectivity index (χ2n) is 6.40. The molecule has 1 atom stereocenters. The van der Waals surface area contributed by atoms with E-state index in [-0.39, 0.29) is 25.0 Å². The van der Waals surface area contributed by atoms with Crippen LogP contribution in [0.3, 0.4) is 0 Å². The molecule has 5 rings (SSSR count). The van der Waals surface area contributed by atoms with Gasteiger partial charge in [0.2, 0.25) is 18.6 Å². The zero-order chi connectivity index (χ0) is 19.1. The summed E-state index contributed by atoms with van der Waals surface area (Å²) in [7, 11) is 0. The lowest BCUT2D eigenvalue weighted by Crippen LogP contribution is -2.23. The lowest BCUT2D eigenvalue weighted by molar-refractivity contribution is -0.123. The maximum Gasteiger partial charge on any atom is 0.252 e. The van der Waals surface area contributed by atoms with E-state index in [0.29, 0.717) is 29.0 Å². The van der Waals surface area contributed by atoms with Crippen LogP contribution in [0.25, 0.3) is 11.4 Å². The molecule has 0 saturated carbocycles. The van der Waals surface area contributed by atoms with Crippen molar-refractivity contribution >= 4 is 23.5 Å². The summed E-state index contributed by atoms with van der Waals surface area (Å²) >= 11 is 0. The van der Waals surface area contributed by atoms with E-state index in [4.69, 9.17) is 9.47 Å². The molecule has 0 bridgehead atoms. The molecule has 2 aliphatic rings. The Bertz CT molecular complexity index is 1080. The minimum absolute atomic E-state index is 0.0646. The van der Waals surface area contributed by atoms with E-state index in [0.717, 1.165) is 5.56 Å². The Morgan fingerprint density at radius 1 is 1.18 bits per heavy atom. The highest BCUT2D eigenvalue weighted by Crippen LogP contribution is 2.34. The molecule has 1 aromatic heterocycles. The molecule has 0 unspecified atom stereocenters. The SMILES string of the molecule is O=C(C[C@@H]1C(=O)Nc2nc(-c3ccccc3)nn21)Nc1ccc2c(c1)OCO2. The van der Waals surface area contributed by atoms with Crippen molar-refractivity contribution in [1.29, 1.82) is 0 Å². The summed E-state index contributed by atoms with van der Waals surface area (Å²) in [6.07, 6.45) is -0.0646. The van der Waals surface area contributed by atoms with Gasteiger partial charge >= 0.3 is 0 Å². The third-order valence-electron chi connectivity index (χ3n) is 4.53. The number of carbonyl (C=O) groups is 2. The van der Waals surface area contributed by atoms with Crippen LogP contribution >= 0.6 is 0 Å². The maximum atomic E-state index is 12.5. The summed E-state index contributed by atoms with van der Waals surface area (Å²) in [5, 5.41) is 9.85. The van der Waals surface area contributed by atoms with Gasteiger partial charge in [-0.25, -0.2) is 4.68 Å². The zero-order valence-electron chi connectivity index (χ0n) is 14.6. The molecule has 0 saturated heterocycles. The van der Waals surface area contributed by atoms with Gasteiger partial charge in [0.1, 0.15) is 6.04 Å². The second-order valence-corrected chi connectivity index (χ2v) is 6.40. The third kappa shape index (κ3) is 2.82. The summed E-state index contributed by atoms with van der Waals surface area (Å²) < 4.78 is 12.0. The first kappa shape index (κ1) is 16.3. The van der Waals surface area contributed by atoms with Gasteiger partial charge in [0, 0.05) is 17.3 Å². The second kappa shape index (κ2) is 6.38. The van der Waals surface area contributed by atoms with Crippen molar-refractivity contribution < 1.29 is 19.1 Å². The number of fused-ring (bicyclic) bond motifs is 2. The molecule has 3 heterocycles. The number of ether oxygens (including phenoxy) is 2. The predicted octanol–water partition coefficient (Wildman–Crippen LogP) is 2.20. The number of nitrogens with zero attached hydrogens (tertiary/aromatic N) is 3. The number of carbonyl (C=O) groups excluding carboxylic acids is 2. The van der Waals surface area contributed by atoms with Crippen molar-refractivity contribution in [3.05, 3.63) is 48.5 Å². The van der Waals surface area contributed by atoms with Gasteiger partial charge in [0.25, 0.3) is 5.91 Å². The molecule has 140 valence electrons. The molecule has 2 amide bonds. The van der Waals surface area contributed by atoms with Crippen molar-refractivity contribution in [3.8, 4) is 22.9 Å². The van der Waals surface area contributed by atoms with E-state index in [1.165, 1.54) is 4.68 Å². The summed E-state index contributed by atoms with van der Waals surface area (Å²) in [5.41, 5.74) is 1.40. The van der Waals surface area contributed by atoms with Gasteiger partial charge in [-0.15, -0.1) is 5.10 Å². The highest BCUT2D eigenvalue weighted by Gasteiger charge is 2.35. The highest BCUT2D eigenvalue weighted by atomic mass is 16.7. The molecule has 0 aliphatic carbocycles. The van der Waals surface area contributed by atoms with Gasteiger partial charge in [-0.2, -0.15) is 4.98 Å². The number of amides is 2. The Kier molecular flexibility index (Phi) is 3.71. The molecule has 0 fully saturated rings. The number of rotatable bonds is 4. The van der Waals surface area contributed by atoms with E-state index in [1.54, 1.807) is 18.2 Å². The van der Waals surface area contributed by atoms with Crippen molar-refractivity contribution in [1.82, 2.24) is 14.8 Å². The van der Waals surface area contributed by atoms with Gasteiger partial charge in [0.05, 0.1) is 6.42 Å². The molecular weight excluding hydrogens is 362 g/mol. The lowest BCUT2D eigenvalue weighted by Gasteiger charge is -2.10. The van der Waals surface area contributed by atoms with E-state index in [2.05, 4.69) is 20.7 Å². The number of aromatic nitrogens is 3. The first-order valence-corrected chi connectivity index (χ1v) is 8.70. The molecule has 2 aliphatic heterocycles. The largest absolute Gasteiger partial charge is 0.454 e. The van der Waals surface area contributed by atoms with Gasteiger partial charge in [-0.05, 0) is 12.1 Å². The molecular formula is C19H15N5O4. The molecule has 3 aromatic rings. The van der Waals surface area contributed by atoms with Crippen molar-refractivity contribution in [2.75, 3.05) is 17.4 Å². The van der Waals surface area contributed by atoms with E-state index >= 15 is 0 Å². The van der Waals surface area contributed by atoms with E-state index in [1.807, 2.05) is 30.3 Å². The molecule has 0 radical (unpaired) electrons. The monoisotopic (exact) mass is 377 g/mol. The fourth-order valence-corrected chi connectivity index (χ4v) is 3.18. The Morgan fingerprint density at radius 2 is 2.00 bits per heavy atom.